The highest BCUT2D eigenvalue weighted by Gasteiger charge is 2.25. The van der Waals surface area contributed by atoms with Crippen molar-refractivity contribution in [2.45, 2.75) is 18.2 Å². The van der Waals surface area contributed by atoms with Gasteiger partial charge in [-0.25, -0.2) is 12.8 Å². The summed E-state index contributed by atoms with van der Waals surface area (Å²) in [7, 11) is -2.99. The zero-order valence-electron chi connectivity index (χ0n) is 16.2. The fourth-order valence-corrected chi connectivity index (χ4v) is 4.27. The van der Waals surface area contributed by atoms with Crippen molar-refractivity contribution in [1.82, 2.24) is 10.3 Å². The van der Waals surface area contributed by atoms with Gasteiger partial charge in [0.15, 0.2) is 0 Å². The van der Waals surface area contributed by atoms with Crippen molar-refractivity contribution in [3.63, 3.8) is 0 Å². The van der Waals surface area contributed by atoms with Gasteiger partial charge < -0.3 is 10.3 Å². The van der Waals surface area contributed by atoms with Gasteiger partial charge in [-0.15, -0.1) is 0 Å². The molecule has 0 spiro atoms. The third-order valence-corrected chi connectivity index (χ3v) is 6.54. The lowest BCUT2D eigenvalue weighted by Crippen LogP contribution is -2.30. The first-order chi connectivity index (χ1) is 14.2. The van der Waals surface area contributed by atoms with Crippen LogP contribution in [0.4, 0.5) is 10.1 Å². The molecule has 7 nitrogen and oxygen atoms in total. The molecule has 2 N–H and O–H groups in total. The Balaban J connectivity index is 2.08. The number of nitrogens with zero attached hydrogens (tertiary/aromatic N) is 1. The standard InChI is InChI=1S/C20H19ClFN3O4S/c1-3-8-23-20(27)15-11-24-17-6-5-13(10-14(17)19(15)26)30(28,29)25(2)18-7-4-12(21)9-16(18)22/h4-7,9-11H,3,8H2,1-2H3,(H,23,27)(H,24,26). The maximum Gasteiger partial charge on any atom is 0.264 e. The van der Waals surface area contributed by atoms with Crippen LogP contribution in [0, 0.1) is 5.82 Å². The minimum Gasteiger partial charge on any atom is -0.360 e. The number of hydrogen-bond acceptors (Lipinski definition) is 4. The third kappa shape index (κ3) is 4.03. The Labute approximate surface area is 177 Å². The van der Waals surface area contributed by atoms with Crippen LogP contribution in [0.15, 0.2) is 52.3 Å². The number of pyridine rings is 1. The first-order valence-corrected chi connectivity index (χ1v) is 10.9. The highest BCUT2D eigenvalue weighted by atomic mass is 35.5. The van der Waals surface area contributed by atoms with Crippen LogP contribution < -0.4 is 15.1 Å². The summed E-state index contributed by atoms with van der Waals surface area (Å²) in [5.41, 5.74) is -0.551. The van der Waals surface area contributed by atoms with Crippen LogP contribution in [-0.2, 0) is 10.0 Å². The van der Waals surface area contributed by atoms with Gasteiger partial charge in [-0.05, 0) is 42.8 Å². The number of hydrogen-bond donors (Lipinski definition) is 2. The number of aromatic amines is 1. The number of halogens is 2. The number of carbonyl (C=O) groups is 1. The molecule has 1 heterocycles. The average Bonchev–Trinajstić information content (AvgIpc) is 2.71. The number of anilines is 1. The molecule has 0 saturated carbocycles. The number of rotatable bonds is 6. The van der Waals surface area contributed by atoms with Crippen molar-refractivity contribution in [3.8, 4) is 0 Å². The van der Waals surface area contributed by atoms with Gasteiger partial charge in [-0.3, -0.25) is 13.9 Å². The fraction of sp³-hybridized carbons (Fsp3) is 0.200. The summed E-state index contributed by atoms with van der Waals surface area (Å²) in [4.78, 5) is 27.6. The van der Waals surface area contributed by atoms with E-state index < -0.39 is 27.2 Å². The zero-order valence-corrected chi connectivity index (χ0v) is 17.8. The molecule has 0 atom stereocenters. The van der Waals surface area contributed by atoms with E-state index in [9.17, 15) is 22.4 Å². The molecule has 3 aromatic rings. The van der Waals surface area contributed by atoms with Crippen molar-refractivity contribution >= 4 is 44.1 Å². The van der Waals surface area contributed by atoms with Crippen LogP contribution in [0.5, 0.6) is 0 Å². The van der Waals surface area contributed by atoms with Gasteiger partial charge in [0.1, 0.15) is 11.4 Å². The van der Waals surface area contributed by atoms with E-state index in [1.165, 1.54) is 43.6 Å². The fourth-order valence-electron chi connectivity index (χ4n) is 2.88. The Morgan fingerprint density at radius 3 is 2.63 bits per heavy atom. The summed E-state index contributed by atoms with van der Waals surface area (Å²) in [6, 6.07) is 7.52. The number of carbonyl (C=O) groups excluding carboxylic acids is 1. The van der Waals surface area contributed by atoms with E-state index >= 15 is 0 Å². The Bertz CT molecular complexity index is 1290. The maximum absolute atomic E-state index is 14.2. The second-order valence-corrected chi connectivity index (χ2v) is 8.97. The van der Waals surface area contributed by atoms with Crippen molar-refractivity contribution in [3.05, 3.63) is 69.2 Å². The van der Waals surface area contributed by atoms with Crippen LogP contribution in [0.1, 0.15) is 23.7 Å². The predicted octanol–water partition coefficient (Wildman–Crippen LogP) is 3.29. The molecule has 0 bridgehead atoms. The molecule has 0 aliphatic rings. The van der Waals surface area contributed by atoms with Gasteiger partial charge in [-0.1, -0.05) is 18.5 Å². The lowest BCUT2D eigenvalue weighted by atomic mass is 10.1. The number of H-pyrrole nitrogens is 1. The molecule has 0 aliphatic heterocycles. The van der Waals surface area contributed by atoms with E-state index in [1.54, 1.807) is 0 Å². The molecule has 3 rings (SSSR count). The minimum absolute atomic E-state index is 0.0326. The Morgan fingerprint density at radius 2 is 1.97 bits per heavy atom. The molecule has 0 unspecified atom stereocenters. The van der Waals surface area contributed by atoms with E-state index in [4.69, 9.17) is 11.6 Å². The SMILES string of the molecule is CCCNC(=O)c1c[nH]c2ccc(S(=O)(=O)N(C)c3ccc(Cl)cc3F)cc2c1=O. The molecule has 10 heteroatoms. The van der Waals surface area contributed by atoms with Crippen molar-refractivity contribution < 1.29 is 17.6 Å². The summed E-state index contributed by atoms with van der Waals surface area (Å²) in [6.45, 7) is 2.28. The Morgan fingerprint density at radius 1 is 1.23 bits per heavy atom. The number of aromatic nitrogens is 1. The van der Waals surface area contributed by atoms with Crippen LogP contribution >= 0.6 is 11.6 Å². The normalized spacial score (nSPS) is 11.5. The third-order valence-electron chi connectivity index (χ3n) is 4.54. The van der Waals surface area contributed by atoms with Crippen molar-refractivity contribution in [1.29, 1.82) is 0 Å². The largest absolute Gasteiger partial charge is 0.360 e. The Kier molecular flexibility index (Phi) is 6.14. The molecule has 1 amide bonds. The van der Waals surface area contributed by atoms with Gasteiger partial charge in [-0.2, -0.15) is 0 Å². The quantitative estimate of drug-likeness (QED) is 0.600. The average molecular weight is 452 g/mol. The molecule has 0 saturated heterocycles. The lowest BCUT2D eigenvalue weighted by Gasteiger charge is -2.20. The monoisotopic (exact) mass is 451 g/mol. The van der Waals surface area contributed by atoms with Crippen LogP contribution in [0.2, 0.25) is 5.02 Å². The van der Waals surface area contributed by atoms with E-state index in [0.717, 1.165) is 10.4 Å². The molecule has 158 valence electrons. The van der Waals surface area contributed by atoms with Crippen LogP contribution in [0.25, 0.3) is 10.9 Å². The second kappa shape index (κ2) is 8.45. The molecular weight excluding hydrogens is 433 g/mol. The second-order valence-electron chi connectivity index (χ2n) is 6.56. The van der Waals surface area contributed by atoms with Crippen molar-refractivity contribution in [2.24, 2.45) is 0 Å². The van der Waals surface area contributed by atoms with Crippen LogP contribution in [0.3, 0.4) is 0 Å². The topological polar surface area (TPSA) is 99.3 Å². The predicted molar refractivity (Wildman–Crippen MR) is 114 cm³/mol. The number of nitrogens with one attached hydrogen (secondary N) is 2. The molecule has 0 aliphatic carbocycles. The molecule has 2 aromatic carbocycles. The summed E-state index contributed by atoms with van der Waals surface area (Å²) >= 11 is 5.73. The first kappa shape index (κ1) is 21.8. The van der Waals surface area contributed by atoms with Gasteiger partial charge in [0.25, 0.3) is 15.9 Å². The maximum atomic E-state index is 14.2. The first-order valence-electron chi connectivity index (χ1n) is 9.04. The number of sulfonamides is 1. The van der Waals surface area contributed by atoms with Gasteiger partial charge in [0, 0.05) is 35.7 Å². The van der Waals surface area contributed by atoms with E-state index in [1.807, 2.05) is 6.92 Å². The summed E-state index contributed by atoms with van der Waals surface area (Å²) in [5, 5.41) is 2.78. The highest BCUT2D eigenvalue weighted by molar-refractivity contribution is 7.92. The molecule has 0 fully saturated rings. The van der Waals surface area contributed by atoms with E-state index in [2.05, 4.69) is 10.3 Å². The van der Waals surface area contributed by atoms with E-state index in [-0.39, 0.29) is 26.6 Å². The Hall–Kier alpha value is -2.91. The summed E-state index contributed by atoms with van der Waals surface area (Å²) < 4.78 is 41.0. The van der Waals surface area contributed by atoms with E-state index in [0.29, 0.717) is 18.5 Å². The molecule has 1 aromatic heterocycles. The van der Waals surface area contributed by atoms with Gasteiger partial charge >= 0.3 is 0 Å². The van der Waals surface area contributed by atoms with Gasteiger partial charge in [0.05, 0.1) is 10.6 Å². The number of fused-ring (bicyclic) bond motifs is 1. The van der Waals surface area contributed by atoms with Gasteiger partial charge in [0.2, 0.25) is 5.43 Å². The van der Waals surface area contributed by atoms with Crippen LogP contribution in [-0.4, -0.2) is 32.9 Å². The molecule has 0 radical (unpaired) electrons. The summed E-state index contributed by atoms with van der Waals surface area (Å²) in [5.74, 6) is -1.35. The smallest absolute Gasteiger partial charge is 0.264 e. The minimum atomic E-state index is -4.19. The molecular formula is C20H19ClFN3O4S. The highest BCUT2D eigenvalue weighted by Crippen LogP contribution is 2.27. The number of benzene rings is 2. The zero-order chi connectivity index (χ0) is 22.1. The number of amides is 1. The van der Waals surface area contributed by atoms with Crippen molar-refractivity contribution in [2.75, 3.05) is 17.9 Å². The lowest BCUT2D eigenvalue weighted by molar-refractivity contribution is 0.0952. The molecule has 30 heavy (non-hydrogen) atoms. The summed E-state index contributed by atoms with van der Waals surface area (Å²) in [6.07, 6.45) is 1.99.